The van der Waals surface area contributed by atoms with Gasteiger partial charge in [0.15, 0.2) is 0 Å². The maximum atomic E-state index is 12.0. The molecule has 1 heterocycles. The second-order valence-corrected chi connectivity index (χ2v) is 6.63. The zero-order valence-corrected chi connectivity index (χ0v) is 13.4. The van der Waals surface area contributed by atoms with Crippen LogP contribution in [0.25, 0.3) is 0 Å². The molecule has 0 atom stereocenters. The van der Waals surface area contributed by atoms with E-state index in [1.54, 1.807) is 19.1 Å². The molecule has 0 saturated heterocycles. The molecule has 1 amide bonds. The lowest BCUT2D eigenvalue weighted by Gasteiger charge is -2.09. The molecule has 0 unspecified atom stereocenters. The summed E-state index contributed by atoms with van der Waals surface area (Å²) >= 11 is 0. The molecule has 7 nitrogen and oxygen atoms in total. The number of aromatic nitrogens is 1. The van der Waals surface area contributed by atoms with Gasteiger partial charge in [0.25, 0.3) is 5.91 Å². The molecule has 0 aromatic carbocycles. The number of aryl methyl sites for hydroxylation is 1. The molecule has 118 valence electrons. The Morgan fingerprint density at radius 3 is 2.62 bits per heavy atom. The first-order chi connectivity index (χ1) is 9.88. The predicted molar refractivity (Wildman–Crippen MR) is 82.9 cm³/mol. The Kier molecular flexibility index (Phi) is 6.57. The van der Waals surface area contributed by atoms with Crippen molar-refractivity contribution in [2.45, 2.75) is 20.3 Å². The number of rotatable bonds is 8. The third-order valence-corrected chi connectivity index (χ3v) is 4.10. The van der Waals surface area contributed by atoms with Crippen LogP contribution in [-0.2, 0) is 10.0 Å². The van der Waals surface area contributed by atoms with Crippen molar-refractivity contribution in [3.63, 3.8) is 0 Å². The van der Waals surface area contributed by atoms with Crippen molar-refractivity contribution in [1.82, 2.24) is 15.0 Å². The summed E-state index contributed by atoms with van der Waals surface area (Å²) in [6.07, 6.45) is 0.957. The molecule has 1 rings (SSSR count). The van der Waals surface area contributed by atoms with E-state index in [2.05, 4.69) is 20.3 Å². The van der Waals surface area contributed by atoms with Crippen molar-refractivity contribution >= 4 is 21.7 Å². The zero-order valence-electron chi connectivity index (χ0n) is 12.6. The molecular weight excluding hydrogens is 292 g/mol. The van der Waals surface area contributed by atoms with Crippen LogP contribution in [0.15, 0.2) is 12.1 Å². The molecule has 0 fully saturated rings. The number of carbonyl (C=O) groups excluding carboxylic acids is 1. The number of hydrogen-bond donors (Lipinski definition) is 3. The third kappa shape index (κ3) is 6.09. The van der Waals surface area contributed by atoms with Gasteiger partial charge in [0.1, 0.15) is 5.82 Å². The van der Waals surface area contributed by atoms with Crippen molar-refractivity contribution in [2.75, 3.05) is 31.2 Å². The number of amides is 1. The SMILES string of the molecule is CCCNc1cc(C(=O)NCCS(=O)(=O)NC)cc(C)n1. The molecular formula is C13H22N4O3S. The average Bonchev–Trinajstić information content (AvgIpc) is 2.44. The molecule has 1 aromatic rings. The van der Waals surface area contributed by atoms with Crippen LogP contribution >= 0.6 is 0 Å². The highest BCUT2D eigenvalue weighted by Crippen LogP contribution is 2.10. The van der Waals surface area contributed by atoms with Gasteiger partial charge in [-0.05, 0) is 32.5 Å². The molecule has 1 aromatic heterocycles. The van der Waals surface area contributed by atoms with Crippen LogP contribution in [0.1, 0.15) is 29.4 Å². The summed E-state index contributed by atoms with van der Waals surface area (Å²) in [4.78, 5) is 16.3. The molecule has 0 aliphatic carbocycles. The zero-order chi connectivity index (χ0) is 15.9. The number of nitrogens with one attached hydrogen (secondary N) is 3. The van der Waals surface area contributed by atoms with E-state index in [-0.39, 0.29) is 18.2 Å². The summed E-state index contributed by atoms with van der Waals surface area (Å²) in [7, 11) is -1.97. The Bertz CT molecular complexity index is 587. The van der Waals surface area contributed by atoms with E-state index in [4.69, 9.17) is 0 Å². The second kappa shape index (κ2) is 7.94. The van der Waals surface area contributed by atoms with E-state index in [0.29, 0.717) is 11.4 Å². The van der Waals surface area contributed by atoms with Gasteiger partial charge in [-0.15, -0.1) is 0 Å². The van der Waals surface area contributed by atoms with Crippen molar-refractivity contribution in [1.29, 1.82) is 0 Å². The lowest BCUT2D eigenvalue weighted by molar-refractivity contribution is 0.0956. The Balaban J connectivity index is 2.67. The van der Waals surface area contributed by atoms with E-state index in [1.165, 1.54) is 7.05 Å². The lowest BCUT2D eigenvalue weighted by atomic mass is 10.2. The summed E-state index contributed by atoms with van der Waals surface area (Å²) in [6, 6.07) is 3.32. The van der Waals surface area contributed by atoms with Crippen molar-refractivity contribution in [3.8, 4) is 0 Å². The fourth-order valence-electron chi connectivity index (χ4n) is 1.65. The highest BCUT2D eigenvalue weighted by molar-refractivity contribution is 7.89. The van der Waals surface area contributed by atoms with Crippen LogP contribution in [-0.4, -0.2) is 45.2 Å². The van der Waals surface area contributed by atoms with Crippen LogP contribution in [0.2, 0.25) is 0 Å². The highest BCUT2D eigenvalue weighted by Gasteiger charge is 2.11. The summed E-state index contributed by atoms with van der Waals surface area (Å²) in [5.74, 6) is 0.177. The van der Waals surface area contributed by atoms with Gasteiger partial charge >= 0.3 is 0 Å². The maximum absolute atomic E-state index is 12.0. The van der Waals surface area contributed by atoms with Crippen molar-refractivity contribution < 1.29 is 13.2 Å². The van der Waals surface area contributed by atoms with Crippen LogP contribution < -0.4 is 15.4 Å². The van der Waals surface area contributed by atoms with Gasteiger partial charge < -0.3 is 10.6 Å². The Morgan fingerprint density at radius 2 is 2.00 bits per heavy atom. The summed E-state index contributed by atoms with van der Waals surface area (Å²) in [5, 5.41) is 5.71. The van der Waals surface area contributed by atoms with Gasteiger partial charge in [0.2, 0.25) is 10.0 Å². The molecule has 21 heavy (non-hydrogen) atoms. The highest BCUT2D eigenvalue weighted by atomic mass is 32.2. The molecule has 0 spiro atoms. The molecule has 3 N–H and O–H groups in total. The lowest BCUT2D eigenvalue weighted by Crippen LogP contribution is -2.33. The van der Waals surface area contributed by atoms with Gasteiger partial charge in [0, 0.05) is 24.3 Å². The number of anilines is 1. The maximum Gasteiger partial charge on any atom is 0.251 e. The van der Waals surface area contributed by atoms with E-state index in [1.807, 2.05) is 6.92 Å². The van der Waals surface area contributed by atoms with Crippen LogP contribution in [0, 0.1) is 6.92 Å². The standard InChI is InChI=1S/C13H22N4O3S/c1-4-5-15-12-9-11(8-10(2)17-12)13(18)16-6-7-21(19,20)14-3/h8-9,14H,4-7H2,1-3H3,(H,15,17)(H,16,18). The predicted octanol–water partition coefficient (Wildman–Crippen LogP) is 0.491. The van der Waals surface area contributed by atoms with Crippen molar-refractivity contribution in [3.05, 3.63) is 23.4 Å². The van der Waals surface area contributed by atoms with Gasteiger partial charge in [-0.3, -0.25) is 4.79 Å². The summed E-state index contributed by atoms with van der Waals surface area (Å²) in [6.45, 7) is 4.68. The van der Waals surface area contributed by atoms with E-state index >= 15 is 0 Å². The quantitative estimate of drug-likeness (QED) is 0.648. The van der Waals surface area contributed by atoms with Crippen LogP contribution in [0.3, 0.4) is 0 Å². The number of hydrogen-bond acceptors (Lipinski definition) is 5. The third-order valence-electron chi connectivity index (χ3n) is 2.74. The fourth-order valence-corrected chi connectivity index (χ4v) is 2.22. The minimum atomic E-state index is -3.32. The monoisotopic (exact) mass is 314 g/mol. The molecule has 0 aliphatic rings. The Labute approximate surface area is 125 Å². The number of pyridine rings is 1. The largest absolute Gasteiger partial charge is 0.370 e. The molecule has 0 radical (unpaired) electrons. The van der Waals surface area contributed by atoms with E-state index in [9.17, 15) is 13.2 Å². The summed E-state index contributed by atoms with van der Waals surface area (Å²) in [5.41, 5.74) is 1.19. The number of sulfonamides is 1. The van der Waals surface area contributed by atoms with Gasteiger partial charge in [-0.25, -0.2) is 18.1 Å². The minimum Gasteiger partial charge on any atom is -0.370 e. The first-order valence-electron chi connectivity index (χ1n) is 6.80. The minimum absolute atomic E-state index is 0.0566. The Hall–Kier alpha value is -1.67. The molecule has 0 aliphatic heterocycles. The molecule has 0 bridgehead atoms. The average molecular weight is 314 g/mol. The fraction of sp³-hybridized carbons (Fsp3) is 0.538. The number of carbonyl (C=O) groups is 1. The van der Waals surface area contributed by atoms with Crippen LogP contribution in [0.5, 0.6) is 0 Å². The van der Waals surface area contributed by atoms with Crippen molar-refractivity contribution in [2.24, 2.45) is 0 Å². The first-order valence-corrected chi connectivity index (χ1v) is 8.45. The number of nitrogens with zero attached hydrogens (tertiary/aromatic N) is 1. The topological polar surface area (TPSA) is 100 Å². The molecule has 8 heteroatoms. The summed E-state index contributed by atoms with van der Waals surface area (Å²) < 4.78 is 24.7. The molecule has 0 saturated carbocycles. The second-order valence-electron chi connectivity index (χ2n) is 4.59. The van der Waals surface area contributed by atoms with E-state index < -0.39 is 10.0 Å². The van der Waals surface area contributed by atoms with Gasteiger partial charge in [-0.2, -0.15) is 0 Å². The van der Waals surface area contributed by atoms with Crippen LogP contribution in [0.4, 0.5) is 5.82 Å². The smallest absolute Gasteiger partial charge is 0.251 e. The van der Waals surface area contributed by atoms with Gasteiger partial charge in [0.05, 0.1) is 5.75 Å². The Morgan fingerprint density at radius 1 is 1.29 bits per heavy atom. The van der Waals surface area contributed by atoms with Gasteiger partial charge in [-0.1, -0.05) is 6.92 Å². The first kappa shape index (κ1) is 17.4. The van der Waals surface area contributed by atoms with E-state index in [0.717, 1.165) is 18.7 Å². The normalized spacial score (nSPS) is 11.2.